The summed E-state index contributed by atoms with van der Waals surface area (Å²) in [6, 6.07) is 43.5. The highest BCUT2D eigenvalue weighted by molar-refractivity contribution is 7.00. The van der Waals surface area contributed by atoms with E-state index in [9.17, 15) is 4.79 Å². The topological polar surface area (TPSA) is 44.8 Å². The monoisotopic (exact) mass is 824 g/mol. The summed E-state index contributed by atoms with van der Waals surface area (Å²) in [4.78, 5) is 11.4. The molecule has 0 aromatic heterocycles. The Hall–Kier alpha value is -4.52. The summed E-state index contributed by atoms with van der Waals surface area (Å²) in [5, 5.41) is 5.05. The van der Waals surface area contributed by atoms with E-state index >= 15 is 0 Å². The Morgan fingerprint density at radius 1 is 0.610 bits per heavy atom. The molecule has 0 aliphatic heterocycles. The van der Waals surface area contributed by atoms with E-state index in [1.807, 2.05) is 6.08 Å². The number of benzene rings is 4. The van der Waals surface area contributed by atoms with Crippen LogP contribution in [0.1, 0.15) is 99.3 Å². The average Bonchev–Trinajstić information content (AvgIpc) is 3.24. The number of hydrogen-bond donors (Lipinski definition) is 0. The molecule has 0 bridgehead atoms. The van der Waals surface area contributed by atoms with Crippen LogP contribution in [0.4, 0.5) is 0 Å². The van der Waals surface area contributed by atoms with E-state index in [4.69, 9.17) is 13.6 Å². The van der Waals surface area contributed by atoms with Gasteiger partial charge in [-0.1, -0.05) is 205 Å². The highest BCUT2D eigenvalue weighted by Crippen LogP contribution is 2.39. The van der Waals surface area contributed by atoms with E-state index in [2.05, 4.69) is 205 Å². The number of ether oxygens (including phenoxy) is 1. The first-order valence-corrected chi connectivity index (χ1v) is 25.3. The van der Waals surface area contributed by atoms with Gasteiger partial charge in [0.2, 0.25) is 0 Å². The second-order valence-corrected chi connectivity index (χ2v) is 25.8. The first-order chi connectivity index (χ1) is 28.5. The van der Waals surface area contributed by atoms with Crippen molar-refractivity contribution in [3.63, 3.8) is 0 Å². The Balaban J connectivity index is 1.44. The van der Waals surface area contributed by atoms with Gasteiger partial charge in [0.15, 0.2) is 0 Å². The van der Waals surface area contributed by atoms with Gasteiger partial charge in [-0.05, 0) is 81.5 Å². The fourth-order valence-electron chi connectivity index (χ4n) is 7.96. The van der Waals surface area contributed by atoms with E-state index in [1.54, 1.807) is 0 Å². The van der Waals surface area contributed by atoms with Gasteiger partial charge in [0.05, 0.1) is 13.2 Å². The van der Waals surface area contributed by atoms with Crippen LogP contribution in [0, 0.1) is 11.8 Å². The van der Waals surface area contributed by atoms with Gasteiger partial charge in [-0.3, -0.25) is 4.79 Å². The van der Waals surface area contributed by atoms with E-state index in [0.29, 0.717) is 12.8 Å². The smallest absolute Gasteiger partial charge is 0.305 e. The lowest BCUT2D eigenvalue weighted by molar-refractivity contribution is -0.140. The van der Waals surface area contributed by atoms with Crippen LogP contribution in [0.5, 0.6) is 0 Å². The molecule has 0 heterocycles. The van der Waals surface area contributed by atoms with Gasteiger partial charge < -0.3 is 13.6 Å². The number of allylic oxidation sites excluding steroid dienone is 4. The molecule has 0 aliphatic rings. The minimum atomic E-state index is -2.77. The fraction of sp³-hybridized carbons (Fsp3) is 0.377. The number of esters is 1. The molecule has 4 nitrogen and oxygen atoms in total. The summed E-state index contributed by atoms with van der Waals surface area (Å²) in [7, 11) is -3.86. The van der Waals surface area contributed by atoms with Crippen LogP contribution >= 0.6 is 0 Å². The maximum Gasteiger partial charge on any atom is 0.305 e. The Morgan fingerprint density at radius 2 is 1.08 bits per heavy atom. The van der Waals surface area contributed by atoms with Crippen molar-refractivity contribution in [2.45, 2.75) is 116 Å². The summed E-state index contributed by atoms with van der Waals surface area (Å²) in [6.07, 6.45) is 20.5. The number of carbonyl (C=O) groups is 1. The van der Waals surface area contributed by atoms with E-state index in [0.717, 1.165) is 51.6 Å². The maximum absolute atomic E-state index is 11.4. The maximum atomic E-state index is 11.4. The van der Waals surface area contributed by atoms with Crippen LogP contribution in [-0.4, -0.2) is 42.4 Å². The van der Waals surface area contributed by atoms with Crippen molar-refractivity contribution >= 4 is 43.4 Å². The molecule has 1 atom stereocenters. The van der Waals surface area contributed by atoms with Crippen LogP contribution in [0.25, 0.3) is 0 Å². The predicted molar refractivity (Wildman–Crippen MR) is 255 cm³/mol. The summed E-state index contributed by atoms with van der Waals surface area (Å²) >= 11 is 0. The number of carbonyl (C=O) groups excluding carboxylic acids is 1. The van der Waals surface area contributed by atoms with Gasteiger partial charge in [0.1, 0.15) is 0 Å². The third-order valence-corrected chi connectivity index (χ3v) is 21.0. The van der Waals surface area contributed by atoms with Gasteiger partial charge in [0.25, 0.3) is 16.6 Å². The molecule has 0 amide bonds. The molecule has 0 radical (unpaired) electrons. The molecular weight excluding hydrogens is 757 g/mol. The quantitative estimate of drug-likeness (QED) is 0.0276. The van der Waals surface area contributed by atoms with Crippen molar-refractivity contribution in [2.75, 3.05) is 13.7 Å². The number of unbranched alkanes of at least 4 members (excludes halogenated alkanes) is 4. The van der Waals surface area contributed by atoms with Crippen LogP contribution in [0.15, 0.2) is 158 Å². The van der Waals surface area contributed by atoms with Crippen molar-refractivity contribution < 1.29 is 18.4 Å². The van der Waals surface area contributed by atoms with Crippen molar-refractivity contribution in [1.82, 2.24) is 0 Å². The first-order valence-electron chi connectivity index (χ1n) is 21.5. The van der Waals surface area contributed by atoms with E-state index in [-0.39, 0.29) is 22.1 Å². The molecular formula is C53H68O4Si2. The lowest BCUT2D eigenvalue weighted by Gasteiger charge is -2.44. The lowest BCUT2D eigenvalue weighted by atomic mass is 10.1. The van der Waals surface area contributed by atoms with Crippen molar-refractivity contribution in [1.29, 1.82) is 0 Å². The van der Waals surface area contributed by atoms with Crippen molar-refractivity contribution in [3.8, 4) is 11.8 Å². The Bertz CT molecular complexity index is 1870. The summed E-state index contributed by atoms with van der Waals surface area (Å²) in [5.74, 6) is 6.35. The predicted octanol–water partition coefficient (Wildman–Crippen LogP) is 10.9. The molecule has 0 unspecified atom stereocenters. The SMILES string of the molecule is COC(=O)CCC/C=C\CC#C/C=C/[C@H](C/C=C\CCCCCO[Si](c1ccccc1)(c1ccccc1)C(C)(C)C)O[Si](c1ccccc1)(c1ccccc1)C(C)(C)C. The molecule has 4 rings (SSSR count). The second-order valence-electron chi connectivity index (χ2n) is 17.2. The molecule has 0 N–H and O–H groups in total. The Kier molecular flexibility index (Phi) is 19.1. The van der Waals surface area contributed by atoms with Gasteiger partial charge in [-0.2, -0.15) is 0 Å². The molecule has 4 aromatic carbocycles. The zero-order chi connectivity index (χ0) is 42.5. The highest BCUT2D eigenvalue weighted by atomic mass is 28.4. The summed E-state index contributed by atoms with van der Waals surface area (Å²) < 4.78 is 19.4. The number of methoxy groups -OCH3 is 1. The molecule has 0 spiro atoms. The van der Waals surface area contributed by atoms with Gasteiger partial charge in [0, 0.05) is 19.4 Å². The number of rotatable bonds is 21. The third kappa shape index (κ3) is 13.5. The van der Waals surface area contributed by atoms with Crippen LogP contribution in [-0.2, 0) is 18.4 Å². The van der Waals surface area contributed by atoms with Crippen LogP contribution in [0.3, 0.4) is 0 Å². The lowest BCUT2D eigenvalue weighted by Crippen LogP contribution is -2.67. The average molecular weight is 825 g/mol. The van der Waals surface area contributed by atoms with Crippen molar-refractivity contribution in [3.05, 3.63) is 158 Å². The van der Waals surface area contributed by atoms with E-state index < -0.39 is 16.6 Å². The van der Waals surface area contributed by atoms with Crippen molar-refractivity contribution in [2.24, 2.45) is 0 Å². The highest BCUT2D eigenvalue weighted by Gasteiger charge is 2.51. The minimum Gasteiger partial charge on any atom is -0.469 e. The second kappa shape index (κ2) is 23.9. The largest absolute Gasteiger partial charge is 0.469 e. The summed E-state index contributed by atoms with van der Waals surface area (Å²) in [5.41, 5.74) is 0. The van der Waals surface area contributed by atoms with E-state index in [1.165, 1.54) is 27.9 Å². The van der Waals surface area contributed by atoms with Gasteiger partial charge in [-0.25, -0.2) is 0 Å². The zero-order valence-corrected chi connectivity index (χ0v) is 38.8. The molecule has 0 saturated carbocycles. The Labute approximate surface area is 359 Å². The van der Waals surface area contributed by atoms with Crippen LogP contribution < -0.4 is 20.7 Å². The molecule has 0 saturated heterocycles. The molecule has 4 aromatic rings. The van der Waals surface area contributed by atoms with Gasteiger partial charge >= 0.3 is 5.97 Å². The van der Waals surface area contributed by atoms with Gasteiger partial charge in [-0.15, -0.1) is 0 Å². The first kappa shape index (κ1) is 47.2. The normalized spacial score (nSPS) is 13.1. The Morgan fingerprint density at radius 3 is 1.58 bits per heavy atom. The molecule has 59 heavy (non-hydrogen) atoms. The third-order valence-electron chi connectivity index (χ3n) is 10.9. The molecule has 312 valence electrons. The summed E-state index contributed by atoms with van der Waals surface area (Å²) in [6.45, 7) is 14.7. The zero-order valence-electron chi connectivity index (χ0n) is 36.8. The molecule has 0 aliphatic carbocycles. The van der Waals surface area contributed by atoms with Crippen LogP contribution in [0.2, 0.25) is 10.1 Å². The fourth-order valence-corrected chi connectivity index (χ4v) is 17.2. The number of hydrogen-bond acceptors (Lipinski definition) is 4. The minimum absolute atomic E-state index is 0.0176. The molecule has 0 fully saturated rings. The standard InChI is InChI=1S/C53H68O4Si2/c1-52(2,3)58(47-36-24-18-25-37-47,48-38-26-19-27-39-48)56-45-33-17-13-12-15-23-35-46(34-22-14-10-8-9-11-16-32-44-51(54)55-7)57-59(53(4,5)6,49-40-28-20-29-41-49)50-42-30-21-31-43-50/h9,11,15,18-31,34,36-43,46H,8,12-13,16-17,32-33,35,44-45H2,1-7H3/b11-9-,23-15-,34-22+/t46-/m1/s1. The molecule has 6 heteroatoms.